The average Bonchev–Trinajstić information content (AvgIpc) is 4.01. The fourth-order valence-corrected chi connectivity index (χ4v) is 11.0. The van der Waals surface area contributed by atoms with Gasteiger partial charge in [-0.3, -0.25) is 0 Å². The van der Waals surface area contributed by atoms with E-state index in [0.29, 0.717) is 17.5 Å². The molecule has 4 heterocycles. The maximum Gasteiger partial charge on any atom is 0.164 e. The zero-order valence-electron chi connectivity index (χ0n) is 33.6. The maximum atomic E-state index is 6.82. The maximum absolute atomic E-state index is 6.82. The quantitative estimate of drug-likeness (QED) is 0.177. The van der Waals surface area contributed by atoms with Crippen LogP contribution in [-0.4, -0.2) is 19.5 Å². The molecule has 63 heavy (non-hydrogen) atoms. The van der Waals surface area contributed by atoms with Crippen molar-refractivity contribution in [3.63, 3.8) is 0 Å². The molecule has 0 aliphatic heterocycles. The first kappa shape index (κ1) is 34.5. The number of rotatable bonds is 4. The van der Waals surface area contributed by atoms with Crippen molar-refractivity contribution in [3.05, 3.63) is 194 Å². The Labute approximate surface area is 363 Å². The van der Waals surface area contributed by atoms with Crippen molar-refractivity contribution in [2.45, 2.75) is 0 Å². The van der Waals surface area contributed by atoms with Crippen LogP contribution in [-0.2, 0) is 0 Å². The van der Waals surface area contributed by atoms with Gasteiger partial charge in [-0.05, 0) is 82.2 Å². The number of furan rings is 1. The van der Waals surface area contributed by atoms with E-state index in [1.165, 1.54) is 47.1 Å². The second-order valence-corrected chi connectivity index (χ2v) is 17.4. The third-order valence-electron chi connectivity index (χ3n) is 12.8. The molecule has 0 atom stereocenters. The molecule has 0 amide bonds. The average molecular weight is 821 g/mol. The number of nitrogens with zero attached hydrogens (tertiary/aromatic N) is 4. The van der Waals surface area contributed by atoms with Crippen molar-refractivity contribution in [3.8, 4) is 39.9 Å². The molecule has 0 fully saturated rings. The van der Waals surface area contributed by atoms with Gasteiger partial charge >= 0.3 is 0 Å². The van der Waals surface area contributed by atoms with Crippen molar-refractivity contribution in [1.82, 2.24) is 19.5 Å². The van der Waals surface area contributed by atoms with E-state index < -0.39 is 0 Å². The highest BCUT2D eigenvalue weighted by atomic mass is 32.1. The monoisotopic (exact) mass is 820 g/mol. The molecule has 0 radical (unpaired) electrons. The summed E-state index contributed by atoms with van der Waals surface area (Å²) in [6, 6.07) is 69.2. The SMILES string of the molecule is c1ccc(-c2nc(-c3ccc4oc5c6ccccc6c(-n6c7cc8ccccc8cc7c7cc8ccccc8cc76)cc5c4c3)nc(-c3cccc4sc5ccccc5c34)n2)cc1. The van der Waals surface area contributed by atoms with Crippen molar-refractivity contribution < 1.29 is 4.42 Å². The van der Waals surface area contributed by atoms with E-state index in [1.54, 1.807) is 11.3 Å². The summed E-state index contributed by atoms with van der Waals surface area (Å²) in [5, 5.41) is 13.9. The summed E-state index contributed by atoms with van der Waals surface area (Å²) in [6.45, 7) is 0. The van der Waals surface area contributed by atoms with Gasteiger partial charge in [0.25, 0.3) is 0 Å². The smallest absolute Gasteiger partial charge is 0.164 e. The van der Waals surface area contributed by atoms with E-state index in [2.05, 4.69) is 180 Å². The summed E-state index contributed by atoms with van der Waals surface area (Å²) in [7, 11) is 0. The number of thiophene rings is 1. The minimum atomic E-state index is 0.605. The predicted octanol–water partition coefficient (Wildman–Crippen LogP) is 15.7. The zero-order valence-corrected chi connectivity index (χ0v) is 34.4. The molecule has 0 aliphatic carbocycles. The Hall–Kier alpha value is -8.19. The molecule has 0 N–H and O–H groups in total. The fraction of sp³-hybridized carbons (Fsp3) is 0. The Bertz CT molecular complexity index is 4130. The van der Waals surface area contributed by atoms with Crippen LogP contribution in [0.15, 0.2) is 199 Å². The number of fused-ring (bicyclic) bond motifs is 13. The number of hydrogen-bond acceptors (Lipinski definition) is 5. The lowest BCUT2D eigenvalue weighted by molar-refractivity contribution is 0.672. The zero-order chi connectivity index (χ0) is 41.2. The first-order valence-corrected chi connectivity index (χ1v) is 22.0. The molecule has 292 valence electrons. The number of benzene rings is 10. The van der Waals surface area contributed by atoms with Crippen LogP contribution in [0.5, 0.6) is 0 Å². The van der Waals surface area contributed by atoms with Crippen LogP contribution in [0.25, 0.3) is 136 Å². The minimum Gasteiger partial charge on any atom is -0.455 e. The minimum absolute atomic E-state index is 0.605. The molecule has 0 saturated carbocycles. The molecule has 0 aliphatic rings. The van der Waals surface area contributed by atoms with Crippen LogP contribution in [0.2, 0.25) is 0 Å². The molecule has 14 rings (SSSR count). The Morgan fingerprint density at radius 3 is 1.70 bits per heavy atom. The molecule has 0 spiro atoms. The number of hydrogen-bond donors (Lipinski definition) is 0. The fourth-order valence-electron chi connectivity index (χ4n) is 9.85. The Morgan fingerprint density at radius 1 is 0.381 bits per heavy atom. The van der Waals surface area contributed by atoms with Gasteiger partial charge in [-0.1, -0.05) is 133 Å². The van der Waals surface area contributed by atoms with Gasteiger partial charge in [-0.2, -0.15) is 0 Å². The standard InChI is InChI=1S/C57H32N4OS/c1-2-13-33(14-3-1)55-58-56(60-57(59-55)42-22-12-24-52-53(42)41-21-10-11-23-51(41)63-52)38-25-26-50-45(29-38)46-32-49(39-19-8-9-20-40(39)54(46)62-50)61-47-30-36-17-6-4-15-34(36)27-43(47)44-28-35-16-5-7-18-37(35)31-48(44)61/h1-32H. The highest BCUT2D eigenvalue weighted by Gasteiger charge is 2.22. The third-order valence-corrected chi connectivity index (χ3v) is 13.9. The summed E-state index contributed by atoms with van der Waals surface area (Å²) >= 11 is 1.79. The van der Waals surface area contributed by atoms with Crippen molar-refractivity contribution >= 4 is 108 Å². The lowest BCUT2D eigenvalue weighted by Gasteiger charge is -2.13. The van der Waals surface area contributed by atoms with Crippen molar-refractivity contribution in [1.29, 1.82) is 0 Å². The van der Waals surface area contributed by atoms with E-state index in [1.807, 2.05) is 18.2 Å². The molecule has 10 aromatic carbocycles. The first-order chi connectivity index (χ1) is 31.2. The molecule has 0 saturated heterocycles. The molecule has 14 aromatic rings. The van der Waals surface area contributed by atoms with Gasteiger partial charge in [0.2, 0.25) is 0 Å². The van der Waals surface area contributed by atoms with Gasteiger partial charge in [0.15, 0.2) is 17.5 Å². The highest BCUT2D eigenvalue weighted by molar-refractivity contribution is 7.25. The van der Waals surface area contributed by atoms with Gasteiger partial charge < -0.3 is 8.98 Å². The van der Waals surface area contributed by atoms with Crippen LogP contribution in [0.1, 0.15) is 0 Å². The highest BCUT2D eigenvalue weighted by Crippen LogP contribution is 2.44. The van der Waals surface area contributed by atoms with Crippen LogP contribution < -0.4 is 0 Å². The van der Waals surface area contributed by atoms with Crippen LogP contribution in [0.3, 0.4) is 0 Å². The van der Waals surface area contributed by atoms with E-state index in [9.17, 15) is 0 Å². The van der Waals surface area contributed by atoms with Gasteiger partial charge in [0, 0.05) is 69.2 Å². The van der Waals surface area contributed by atoms with Crippen molar-refractivity contribution in [2.24, 2.45) is 0 Å². The van der Waals surface area contributed by atoms with Gasteiger partial charge in [-0.15, -0.1) is 11.3 Å². The topological polar surface area (TPSA) is 56.7 Å². The second-order valence-electron chi connectivity index (χ2n) is 16.3. The molecule has 4 aromatic heterocycles. The second kappa shape index (κ2) is 13.2. The summed E-state index contributed by atoms with van der Waals surface area (Å²) in [5.41, 5.74) is 7.90. The van der Waals surface area contributed by atoms with Gasteiger partial charge in [0.05, 0.1) is 16.7 Å². The van der Waals surface area contributed by atoms with Crippen LogP contribution in [0, 0.1) is 0 Å². The van der Waals surface area contributed by atoms with E-state index in [0.717, 1.165) is 71.5 Å². The molecule has 5 nitrogen and oxygen atoms in total. The lowest BCUT2D eigenvalue weighted by atomic mass is 10.0. The lowest BCUT2D eigenvalue weighted by Crippen LogP contribution is -2.00. The molecule has 0 bridgehead atoms. The first-order valence-electron chi connectivity index (χ1n) is 21.2. The van der Waals surface area contributed by atoms with E-state index >= 15 is 0 Å². The van der Waals surface area contributed by atoms with Gasteiger partial charge in [-0.25, -0.2) is 15.0 Å². The number of aromatic nitrogens is 4. The van der Waals surface area contributed by atoms with Crippen molar-refractivity contribution in [2.75, 3.05) is 0 Å². The van der Waals surface area contributed by atoms with Crippen LogP contribution in [0.4, 0.5) is 0 Å². The molecular weight excluding hydrogens is 789 g/mol. The Balaban J connectivity index is 1.03. The molecular formula is C57H32N4OS. The molecule has 6 heteroatoms. The summed E-state index contributed by atoms with van der Waals surface area (Å²) in [4.78, 5) is 15.6. The molecule has 0 unspecified atom stereocenters. The van der Waals surface area contributed by atoms with Gasteiger partial charge in [0.1, 0.15) is 11.2 Å². The summed E-state index contributed by atoms with van der Waals surface area (Å²) in [6.07, 6.45) is 0. The summed E-state index contributed by atoms with van der Waals surface area (Å²) in [5.74, 6) is 1.88. The van der Waals surface area contributed by atoms with E-state index in [4.69, 9.17) is 19.4 Å². The predicted molar refractivity (Wildman–Crippen MR) is 263 cm³/mol. The van der Waals surface area contributed by atoms with E-state index in [-0.39, 0.29) is 0 Å². The normalized spacial score (nSPS) is 12.1. The summed E-state index contributed by atoms with van der Waals surface area (Å²) < 4.78 is 11.7. The Morgan fingerprint density at radius 2 is 0.968 bits per heavy atom. The largest absolute Gasteiger partial charge is 0.455 e. The van der Waals surface area contributed by atoms with Crippen LogP contribution >= 0.6 is 11.3 Å². The Kier molecular flexibility index (Phi) is 7.21. The third kappa shape index (κ3) is 5.19.